The summed E-state index contributed by atoms with van der Waals surface area (Å²) in [5, 5.41) is 3.05. The third-order valence-electron chi connectivity index (χ3n) is 11.7. The number of benzene rings is 5. The van der Waals surface area contributed by atoms with E-state index in [9.17, 15) is 0 Å². The summed E-state index contributed by atoms with van der Waals surface area (Å²) >= 11 is 0. The molecule has 8 aromatic heterocycles. The van der Waals surface area contributed by atoms with Gasteiger partial charge in [-0.05, 0) is 91.0 Å². The highest BCUT2D eigenvalue weighted by Crippen LogP contribution is 2.40. The Bertz CT molecular complexity index is 3520. The molecule has 0 N–H and O–H groups in total. The van der Waals surface area contributed by atoms with Gasteiger partial charge in [-0.3, -0.25) is 28.7 Å². The van der Waals surface area contributed by atoms with Gasteiger partial charge in [0, 0.05) is 63.8 Å². The quantitative estimate of drug-likeness (QED) is 0.163. The average Bonchev–Trinajstić information content (AvgIpc) is 4.06. The van der Waals surface area contributed by atoms with Crippen molar-refractivity contribution in [3.05, 3.63) is 189 Å². The highest BCUT2D eigenvalue weighted by Gasteiger charge is 2.25. The lowest BCUT2D eigenvalue weighted by atomic mass is 10.0. The van der Waals surface area contributed by atoms with E-state index in [2.05, 4.69) is 105 Å². The normalized spacial score (nSPS) is 11.8. The van der Waals surface area contributed by atoms with Crippen LogP contribution in [0.1, 0.15) is 0 Å². The van der Waals surface area contributed by atoms with Gasteiger partial charge in [-0.15, -0.1) is 0 Å². The van der Waals surface area contributed by atoms with Crippen LogP contribution in [0.3, 0.4) is 0 Å². The molecule has 294 valence electrons. The first kappa shape index (κ1) is 34.9. The predicted molar refractivity (Wildman–Crippen MR) is 248 cm³/mol. The van der Waals surface area contributed by atoms with E-state index in [0.29, 0.717) is 22.9 Å². The molecule has 0 amide bonds. The van der Waals surface area contributed by atoms with Gasteiger partial charge in [-0.25, -0.2) is 24.9 Å². The van der Waals surface area contributed by atoms with Crippen molar-refractivity contribution in [1.29, 1.82) is 0 Å². The maximum absolute atomic E-state index is 5.40. The first-order valence-electron chi connectivity index (χ1n) is 20.6. The molecule has 0 spiro atoms. The molecule has 11 heteroatoms. The molecule has 8 heterocycles. The van der Waals surface area contributed by atoms with Crippen molar-refractivity contribution in [2.75, 3.05) is 0 Å². The number of imidazole rings is 3. The lowest BCUT2D eigenvalue weighted by Gasteiger charge is -2.16. The van der Waals surface area contributed by atoms with Crippen LogP contribution in [0.5, 0.6) is 0 Å². The largest absolute Gasteiger partial charge is 0.290 e. The topological polar surface area (TPSA) is 118 Å². The van der Waals surface area contributed by atoms with Crippen LogP contribution in [0.25, 0.3) is 117 Å². The van der Waals surface area contributed by atoms with E-state index in [1.165, 1.54) is 0 Å². The minimum Gasteiger partial charge on any atom is -0.290 e. The van der Waals surface area contributed by atoms with Crippen molar-refractivity contribution in [2.45, 2.75) is 0 Å². The molecular weight excluding hydrogens is 779 g/mol. The fraction of sp³-hybridized carbons (Fsp3) is 0. The molecule has 0 aliphatic carbocycles. The minimum atomic E-state index is 0.687. The van der Waals surface area contributed by atoms with Crippen molar-refractivity contribution >= 4 is 66.1 Å². The number of rotatable bonds is 6. The first-order chi connectivity index (χ1) is 31.2. The summed E-state index contributed by atoms with van der Waals surface area (Å²) in [7, 11) is 0. The Labute approximate surface area is 358 Å². The van der Waals surface area contributed by atoms with Gasteiger partial charge in [0.25, 0.3) is 0 Å². The van der Waals surface area contributed by atoms with Crippen LogP contribution in [0.4, 0.5) is 0 Å². The van der Waals surface area contributed by atoms with E-state index >= 15 is 0 Å². The van der Waals surface area contributed by atoms with Crippen LogP contribution in [-0.2, 0) is 0 Å². The standard InChI is InChI=1S/C52H31N11/c1-2-20-41-38(17-1)58-48(61(41)42-21-3-11-32-14-6-24-53-45(32)42)35-29-36(49-59-39-18-9-27-56-51(39)62(49)43-22-4-12-33-15-7-25-54-46(33)43)31-37(30-35)50-60-40-19-10-28-57-52(40)63(50)44-23-5-13-34-16-8-26-55-47(34)44/h1-31H. The third kappa shape index (κ3) is 5.46. The lowest BCUT2D eigenvalue weighted by molar-refractivity contribution is 1.07. The summed E-state index contributed by atoms with van der Waals surface area (Å²) in [6.45, 7) is 0. The number of para-hydroxylation sites is 5. The van der Waals surface area contributed by atoms with Crippen molar-refractivity contribution in [3.8, 4) is 51.2 Å². The van der Waals surface area contributed by atoms with E-state index in [1.807, 2.05) is 85.3 Å². The van der Waals surface area contributed by atoms with E-state index in [-0.39, 0.29) is 0 Å². The maximum atomic E-state index is 5.40. The number of fused-ring (bicyclic) bond motifs is 6. The molecule has 0 aliphatic rings. The molecule has 13 aromatic rings. The van der Waals surface area contributed by atoms with Crippen LogP contribution in [0, 0.1) is 0 Å². The molecule has 5 aromatic carbocycles. The molecule has 11 nitrogen and oxygen atoms in total. The zero-order chi connectivity index (χ0) is 41.4. The van der Waals surface area contributed by atoms with Crippen molar-refractivity contribution in [2.24, 2.45) is 0 Å². The Balaban J connectivity index is 1.16. The summed E-state index contributed by atoms with van der Waals surface area (Å²) in [6, 6.07) is 53.3. The molecule has 63 heavy (non-hydrogen) atoms. The zero-order valence-corrected chi connectivity index (χ0v) is 33.3. The van der Waals surface area contributed by atoms with Gasteiger partial charge in [-0.1, -0.05) is 66.7 Å². The van der Waals surface area contributed by atoms with Gasteiger partial charge in [0.2, 0.25) is 0 Å². The molecular formula is C52H31N11. The minimum absolute atomic E-state index is 0.687. The van der Waals surface area contributed by atoms with Gasteiger partial charge < -0.3 is 0 Å². The Morgan fingerprint density at radius 2 is 0.667 bits per heavy atom. The van der Waals surface area contributed by atoms with E-state index in [4.69, 9.17) is 39.9 Å². The summed E-state index contributed by atoms with van der Waals surface area (Å²) < 4.78 is 6.44. The van der Waals surface area contributed by atoms with Crippen LogP contribution in [0.2, 0.25) is 0 Å². The molecule has 0 aliphatic heterocycles. The molecule has 0 bridgehead atoms. The van der Waals surface area contributed by atoms with Crippen LogP contribution in [-0.4, -0.2) is 53.6 Å². The molecule has 0 saturated heterocycles. The Kier molecular flexibility index (Phi) is 7.63. The van der Waals surface area contributed by atoms with Gasteiger partial charge in [0.15, 0.2) is 11.3 Å². The smallest absolute Gasteiger partial charge is 0.165 e. The molecule has 13 rings (SSSR count). The van der Waals surface area contributed by atoms with Crippen molar-refractivity contribution < 1.29 is 0 Å². The second kappa shape index (κ2) is 13.8. The van der Waals surface area contributed by atoms with E-state index in [1.54, 1.807) is 12.4 Å². The number of nitrogens with zero attached hydrogens (tertiary/aromatic N) is 11. The molecule has 0 radical (unpaired) electrons. The van der Waals surface area contributed by atoms with Gasteiger partial charge in [0.1, 0.15) is 28.5 Å². The third-order valence-corrected chi connectivity index (χ3v) is 11.7. The maximum Gasteiger partial charge on any atom is 0.165 e. The zero-order valence-electron chi connectivity index (χ0n) is 33.3. The monoisotopic (exact) mass is 809 g/mol. The summed E-state index contributed by atoms with van der Waals surface area (Å²) in [5.74, 6) is 2.11. The highest BCUT2D eigenvalue weighted by molar-refractivity contribution is 5.96. The van der Waals surface area contributed by atoms with Crippen LogP contribution >= 0.6 is 0 Å². The Morgan fingerprint density at radius 1 is 0.302 bits per heavy atom. The second-order valence-electron chi connectivity index (χ2n) is 15.3. The van der Waals surface area contributed by atoms with Crippen molar-refractivity contribution in [1.82, 2.24) is 53.6 Å². The Hall–Kier alpha value is -8.96. The molecule has 0 atom stereocenters. The van der Waals surface area contributed by atoms with Crippen molar-refractivity contribution in [3.63, 3.8) is 0 Å². The molecule has 0 saturated carbocycles. The lowest BCUT2D eigenvalue weighted by Crippen LogP contribution is -2.04. The molecule has 0 unspecified atom stereocenters. The van der Waals surface area contributed by atoms with Gasteiger partial charge in [-0.2, -0.15) is 0 Å². The molecule has 0 fully saturated rings. The predicted octanol–water partition coefficient (Wildman–Crippen LogP) is 11.1. The van der Waals surface area contributed by atoms with E-state index in [0.717, 1.165) is 94.4 Å². The van der Waals surface area contributed by atoms with E-state index < -0.39 is 0 Å². The highest BCUT2D eigenvalue weighted by atomic mass is 15.2. The SMILES string of the molecule is c1cnc2c(-n3c(-c4cc(-c5nc6cccnc6n5-c5cccc6cccnc56)cc(-c5nc6cccnc6n5-c5cccc6cccnc56)c4)nc4ccccc43)cccc2c1. The van der Waals surface area contributed by atoms with Crippen LogP contribution in [0.15, 0.2) is 189 Å². The fourth-order valence-corrected chi connectivity index (χ4v) is 8.95. The van der Waals surface area contributed by atoms with Gasteiger partial charge in [0.05, 0.1) is 44.6 Å². The van der Waals surface area contributed by atoms with Gasteiger partial charge >= 0.3 is 0 Å². The Morgan fingerprint density at radius 3 is 1.16 bits per heavy atom. The van der Waals surface area contributed by atoms with Crippen LogP contribution < -0.4 is 0 Å². The summed E-state index contributed by atoms with van der Waals surface area (Å²) in [4.78, 5) is 40.6. The number of hydrogen-bond acceptors (Lipinski definition) is 8. The number of hydrogen-bond donors (Lipinski definition) is 0. The summed E-state index contributed by atoms with van der Waals surface area (Å²) in [5.41, 5.74) is 12.4. The fourth-order valence-electron chi connectivity index (χ4n) is 8.95. The summed E-state index contributed by atoms with van der Waals surface area (Å²) in [6.07, 6.45) is 9.09. The second-order valence-corrected chi connectivity index (χ2v) is 15.3. The first-order valence-corrected chi connectivity index (χ1v) is 20.6. The average molecular weight is 810 g/mol. The number of aromatic nitrogens is 11. The number of pyridine rings is 5.